The zero-order valence-electron chi connectivity index (χ0n) is 15.7. The number of aromatic nitrogens is 4. The van der Waals surface area contributed by atoms with Gasteiger partial charge < -0.3 is 19.3 Å². The largest absolute Gasteiger partial charge is 0.490 e. The number of hydrogen-bond acceptors (Lipinski definition) is 7. The molecule has 4 heterocycles. The fourth-order valence-electron chi connectivity index (χ4n) is 3.35. The Balaban J connectivity index is 0.000000298. The lowest BCUT2D eigenvalue weighted by atomic mass is 10.1. The van der Waals surface area contributed by atoms with Crippen molar-refractivity contribution in [2.24, 2.45) is 7.05 Å². The van der Waals surface area contributed by atoms with Crippen LogP contribution in [-0.4, -0.2) is 80.1 Å². The third kappa shape index (κ3) is 5.21. The van der Waals surface area contributed by atoms with Crippen LogP contribution in [0.1, 0.15) is 5.69 Å². The molecule has 12 heteroatoms. The average Bonchev–Trinajstić information content (AvgIpc) is 3.28. The summed E-state index contributed by atoms with van der Waals surface area (Å²) in [7, 11) is 2.03. The molecule has 0 bridgehead atoms. The van der Waals surface area contributed by atoms with Gasteiger partial charge in [0.25, 0.3) is 0 Å². The summed E-state index contributed by atoms with van der Waals surface area (Å²) in [5.74, 6) is -1.95. The van der Waals surface area contributed by atoms with E-state index in [-0.39, 0.29) is 6.10 Å². The number of likely N-dealkylation sites (tertiary alicyclic amines) is 1. The summed E-state index contributed by atoms with van der Waals surface area (Å²) in [6, 6.07) is 2.18. The number of aryl methyl sites for hydroxylation is 1. The molecule has 4 rings (SSSR count). The zero-order valence-corrected chi connectivity index (χ0v) is 15.7. The second-order valence-corrected chi connectivity index (χ2v) is 6.71. The normalized spacial score (nSPS) is 22.0. The second-order valence-electron chi connectivity index (χ2n) is 6.71. The monoisotopic (exact) mass is 414 g/mol. The molecule has 2 aliphatic heterocycles. The van der Waals surface area contributed by atoms with Gasteiger partial charge in [0.15, 0.2) is 0 Å². The van der Waals surface area contributed by atoms with E-state index < -0.39 is 12.1 Å². The van der Waals surface area contributed by atoms with Crippen molar-refractivity contribution in [1.29, 1.82) is 0 Å². The van der Waals surface area contributed by atoms with Gasteiger partial charge in [-0.3, -0.25) is 4.90 Å². The average molecular weight is 414 g/mol. The standard InChI is InChI=1S/C15H20N6O.C2HF3O2/c1-19-11-16-7-12(19)8-20-9-13-14(10-20)22-6-5-21(13)15-17-3-2-4-18-15;3-2(4,5)1(6)7/h2-4,7,11,13-14H,5-6,8-10H2,1H3;(H,6,7)/t13-,14+;/m1./s1. The van der Waals surface area contributed by atoms with Crippen molar-refractivity contribution in [3.05, 3.63) is 36.7 Å². The summed E-state index contributed by atoms with van der Waals surface area (Å²) < 4.78 is 39.8. The first-order valence-electron chi connectivity index (χ1n) is 8.88. The highest BCUT2D eigenvalue weighted by Gasteiger charge is 2.41. The molecule has 2 aromatic heterocycles. The topological polar surface area (TPSA) is 96.6 Å². The van der Waals surface area contributed by atoms with Crippen LogP contribution in [-0.2, 0) is 23.1 Å². The maximum absolute atomic E-state index is 10.6. The van der Waals surface area contributed by atoms with E-state index in [2.05, 4.69) is 29.3 Å². The van der Waals surface area contributed by atoms with E-state index in [0.29, 0.717) is 6.04 Å². The smallest absolute Gasteiger partial charge is 0.475 e. The molecule has 2 atom stereocenters. The first-order chi connectivity index (χ1) is 13.8. The van der Waals surface area contributed by atoms with E-state index in [1.165, 1.54) is 5.69 Å². The molecule has 2 aromatic rings. The lowest BCUT2D eigenvalue weighted by Crippen LogP contribution is -2.51. The van der Waals surface area contributed by atoms with Gasteiger partial charge in [0.05, 0.1) is 30.8 Å². The molecule has 158 valence electrons. The van der Waals surface area contributed by atoms with E-state index in [1.807, 2.05) is 25.6 Å². The number of carboxylic acids is 1. The number of ether oxygens (including phenoxy) is 1. The number of hydrogen-bond donors (Lipinski definition) is 1. The molecule has 2 aliphatic rings. The summed E-state index contributed by atoms with van der Waals surface area (Å²) in [6.45, 7) is 4.40. The van der Waals surface area contributed by atoms with Gasteiger partial charge in [0.1, 0.15) is 0 Å². The lowest BCUT2D eigenvalue weighted by Gasteiger charge is -2.36. The van der Waals surface area contributed by atoms with E-state index >= 15 is 0 Å². The van der Waals surface area contributed by atoms with Crippen LogP contribution in [0.2, 0.25) is 0 Å². The molecule has 0 aliphatic carbocycles. The lowest BCUT2D eigenvalue weighted by molar-refractivity contribution is -0.192. The number of anilines is 1. The maximum Gasteiger partial charge on any atom is 0.490 e. The number of fused-ring (bicyclic) bond motifs is 1. The molecule has 2 fully saturated rings. The van der Waals surface area contributed by atoms with Gasteiger partial charge in [-0.05, 0) is 6.07 Å². The Morgan fingerprint density at radius 2 is 2.00 bits per heavy atom. The third-order valence-corrected chi connectivity index (χ3v) is 4.73. The van der Waals surface area contributed by atoms with Crippen molar-refractivity contribution in [2.45, 2.75) is 24.9 Å². The number of nitrogens with zero attached hydrogens (tertiary/aromatic N) is 6. The van der Waals surface area contributed by atoms with Crippen LogP contribution in [0.25, 0.3) is 0 Å². The number of rotatable bonds is 3. The van der Waals surface area contributed by atoms with Crippen molar-refractivity contribution < 1.29 is 27.8 Å². The van der Waals surface area contributed by atoms with Crippen molar-refractivity contribution >= 4 is 11.9 Å². The molecule has 0 aromatic carbocycles. The number of aliphatic carboxylic acids is 1. The maximum atomic E-state index is 10.6. The Kier molecular flexibility index (Phi) is 6.33. The van der Waals surface area contributed by atoms with Crippen LogP contribution in [0.3, 0.4) is 0 Å². The zero-order chi connectivity index (χ0) is 21.0. The molecule has 1 N–H and O–H groups in total. The minimum atomic E-state index is -5.08. The minimum absolute atomic E-state index is 0.228. The van der Waals surface area contributed by atoms with E-state index in [0.717, 1.165) is 38.7 Å². The van der Waals surface area contributed by atoms with Crippen molar-refractivity contribution in [3.8, 4) is 0 Å². The Hall–Kier alpha value is -2.73. The first kappa shape index (κ1) is 21.0. The highest BCUT2D eigenvalue weighted by Crippen LogP contribution is 2.26. The van der Waals surface area contributed by atoms with Crippen LogP contribution in [0, 0.1) is 0 Å². The predicted molar refractivity (Wildman–Crippen MR) is 95.1 cm³/mol. The van der Waals surface area contributed by atoms with E-state index in [4.69, 9.17) is 14.6 Å². The second kappa shape index (κ2) is 8.74. The Bertz CT molecular complexity index is 816. The number of carboxylic acid groups (broad SMARTS) is 1. The molecule has 2 saturated heterocycles. The van der Waals surface area contributed by atoms with Gasteiger partial charge >= 0.3 is 12.1 Å². The molecule has 0 spiro atoms. The number of morpholine rings is 1. The molecular formula is C17H21F3N6O3. The number of alkyl halides is 3. The van der Waals surface area contributed by atoms with Gasteiger partial charge in [0, 0.05) is 51.8 Å². The van der Waals surface area contributed by atoms with Crippen LogP contribution >= 0.6 is 0 Å². The Labute approximate surface area is 164 Å². The fourth-order valence-corrected chi connectivity index (χ4v) is 3.35. The van der Waals surface area contributed by atoms with Gasteiger partial charge in [-0.15, -0.1) is 0 Å². The Morgan fingerprint density at radius 3 is 2.59 bits per heavy atom. The summed E-state index contributed by atoms with van der Waals surface area (Å²) in [6.07, 6.45) is 2.52. The first-order valence-corrected chi connectivity index (χ1v) is 8.88. The van der Waals surface area contributed by atoms with Crippen molar-refractivity contribution in [1.82, 2.24) is 24.4 Å². The molecule has 0 radical (unpaired) electrons. The summed E-state index contributed by atoms with van der Waals surface area (Å²) in [4.78, 5) is 26.6. The van der Waals surface area contributed by atoms with Gasteiger partial charge in [-0.1, -0.05) is 0 Å². The predicted octanol–water partition coefficient (Wildman–Crippen LogP) is 0.933. The quantitative estimate of drug-likeness (QED) is 0.793. The number of halogens is 3. The highest BCUT2D eigenvalue weighted by molar-refractivity contribution is 5.73. The summed E-state index contributed by atoms with van der Waals surface area (Å²) in [5.41, 5.74) is 1.22. The van der Waals surface area contributed by atoms with Gasteiger partial charge in [-0.25, -0.2) is 19.7 Å². The van der Waals surface area contributed by atoms with Crippen LogP contribution in [0.4, 0.5) is 19.1 Å². The molecule has 0 amide bonds. The van der Waals surface area contributed by atoms with Gasteiger partial charge in [-0.2, -0.15) is 13.2 Å². The van der Waals surface area contributed by atoms with Crippen molar-refractivity contribution in [2.75, 3.05) is 31.1 Å². The van der Waals surface area contributed by atoms with Crippen LogP contribution in [0.15, 0.2) is 31.0 Å². The number of imidazole rings is 1. The van der Waals surface area contributed by atoms with Crippen molar-refractivity contribution in [3.63, 3.8) is 0 Å². The molecular weight excluding hydrogens is 393 g/mol. The fraction of sp³-hybridized carbons (Fsp3) is 0.529. The van der Waals surface area contributed by atoms with Crippen LogP contribution < -0.4 is 4.90 Å². The molecule has 9 nitrogen and oxygen atoms in total. The van der Waals surface area contributed by atoms with Crippen LogP contribution in [0.5, 0.6) is 0 Å². The summed E-state index contributed by atoms with van der Waals surface area (Å²) in [5, 5.41) is 7.12. The highest BCUT2D eigenvalue weighted by atomic mass is 19.4. The minimum Gasteiger partial charge on any atom is -0.475 e. The summed E-state index contributed by atoms with van der Waals surface area (Å²) >= 11 is 0. The SMILES string of the molecule is Cn1cncc1CN1C[C@@H]2OCCN(c3ncccn3)[C@@H]2C1.O=C(O)C(F)(F)F. The molecule has 0 saturated carbocycles. The van der Waals surface area contributed by atoms with Gasteiger partial charge in [0.2, 0.25) is 5.95 Å². The van der Waals surface area contributed by atoms with E-state index in [1.54, 1.807) is 12.4 Å². The Morgan fingerprint density at radius 1 is 1.31 bits per heavy atom. The number of carbonyl (C=O) groups is 1. The third-order valence-electron chi connectivity index (χ3n) is 4.73. The van der Waals surface area contributed by atoms with E-state index in [9.17, 15) is 13.2 Å². The molecule has 29 heavy (non-hydrogen) atoms. The molecule has 0 unspecified atom stereocenters.